The molecule has 0 radical (unpaired) electrons. The van der Waals surface area contributed by atoms with Gasteiger partial charge in [0.25, 0.3) is 5.91 Å². The van der Waals surface area contributed by atoms with Crippen molar-refractivity contribution in [3.8, 4) is 16.9 Å². The van der Waals surface area contributed by atoms with Gasteiger partial charge in [0.05, 0.1) is 6.61 Å². The van der Waals surface area contributed by atoms with Crippen LogP contribution in [0.1, 0.15) is 101 Å². The van der Waals surface area contributed by atoms with E-state index in [2.05, 4.69) is 6.92 Å². The number of halogens is 1. The SMILES string of the molecule is CC1(CCC2CCCC(COc3ccc(-c4ccc(C(=O)N5CCCCC5C(N)=O)cc4)cc3F)CC2)CCC1. The van der Waals surface area contributed by atoms with Crippen LogP contribution in [-0.4, -0.2) is 35.9 Å². The van der Waals surface area contributed by atoms with E-state index in [1.807, 2.05) is 18.2 Å². The summed E-state index contributed by atoms with van der Waals surface area (Å²) in [5.41, 5.74) is 8.19. The number of nitrogens with two attached hydrogens (primary N) is 1. The fraction of sp³-hybridized carbons (Fsp3) is 0.588. The average Bonchev–Trinajstić information content (AvgIpc) is 3.19. The highest BCUT2D eigenvalue weighted by Crippen LogP contribution is 2.46. The van der Waals surface area contributed by atoms with Gasteiger partial charge in [-0.25, -0.2) is 4.39 Å². The van der Waals surface area contributed by atoms with Crippen LogP contribution in [0.4, 0.5) is 4.39 Å². The van der Waals surface area contributed by atoms with E-state index in [9.17, 15) is 9.59 Å². The minimum absolute atomic E-state index is 0.192. The summed E-state index contributed by atoms with van der Waals surface area (Å²) in [6.07, 6.45) is 15.5. The van der Waals surface area contributed by atoms with Gasteiger partial charge in [-0.1, -0.05) is 50.8 Å². The van der Waals surface area contributed by atoms with Gasteiger partial charge in [0.15, 0.2) is 11.6 Å². The van der Waals surface area contributed by atoms with Crippen LogP contribution in [0, 0.1) is 23.1 Å². The predicted octanol–water partition coefficient (Wildman–Crippen LogP) is 7.52. The fourth-order valence-electron chi connectivity index (χ4n) is 6.94. The van der Waals surface area contributed by atoms with Crippen LogP contribution in [0.5, 0.6) is 5.75 Å². The topological polar surface area (TPSA) is 72.6 Å². The Bertz CT molecular complexity index is 1180. The normalized spacial score (nSPS) is 24.6. The molecule has 2 aliphatic carbocycles. The number of ether oxygens (including phenoxy) is 1. The van der Waals surface area contributed by atoms with Crippen LogP contribution in [0.25, 0.3) is 11.1 Å². The zero-order valence-electron chi connectivity index (χ0n) is 24.0. The molecule has 0 bridgehead atoms. The maximum atomic E-state index is 15.0. The smallest absolute Gasteiger partial charge is 0.254 e. The zero-order chi connectivity index (χ0) is 28.1. The van der Waals surface area contributed by atoms with E-state index < -0.39 is 11.9 Å². The van der Waals surface area contributed by atoms with Crippen molar-refractivity contribution in [2.45, 2.75) is 96.4 Å². The van der Waals surface area contributed by atoms with Crippen molar-refractivity contribution in [1.29, 1.82) is 0 Å². The van der Waals surface area contributed by atoms with Crippen molar-refractivity contribution >= 4 is 11.8 Å². The second kappa shape index (κ2) is 12.7. The van der Waals surface area contributed by atoms with Gasteiger partial charge in [-0.05, 0) is 110 Å². The number of hydrogen-bond acceptors (Lipinski definition) is 3. The molecule has 2 saturated carbocycles. The minimum Gasteiger partial charge on any atom is -0.490 e. The number of rotatable bonds is 9. The molecule has 2 aromatic rings. The molecular weight excluding hydrogens is 503 g/mol. The monoisotopic (exact) mass is 548 g/mol. The van der Waals surface area contributed by atoms with E-state index >= 15 is 4.39 Å². The summed E-state index contributed by atoms with van der Waals surface area (Å²) < 4.78 is 21.0. The summed E-state index contributed by atoms with van der Waals surface area (Å²) in [6, 6.07) is 11.6. The summed E-state index contributed by atoms with van der Waals surface area (Å²) in [4.78, 5) is 26.4. The molecular formula is C34H45FN2O3. The Hall–Kier alpha value is -2.89. The number of carbonyl (C=O) groups is 2. The minimum atomic E-state index is -0.553. The molecule has 3 atom stereocenters. The molecule has 2 N–H and O–H groups in total. The summed E-state index contributed by atoms with van der Waals surface area (Å²) >= 11 is 0. The number of primary amides is 1. The van der Waals surface area contributed by atoms with Gasteiger partial charge in [-0.3, -0.25) is 9.59 Å². The van der Waals surface area contributed by atoms with Crippen molar-refractivity contribution in [2.75, 3.05) is 13.2 Å². The van der Waals surface area contributed by atoms with Crippen molar-refractivity contribution in [3.63, 3.8) is 0 Å². The maximum Gasteiger partial charge on any atom is 0.254 e. The Morgan fingerprint density at radius 2 is 1.65 bits per heavy atom. The second-order valence-electron chi connectivity index (χ2n) is 12.9. The van der Waals surface area contributed by atoms with Gasteiger partial charge in [0.2, 0.25) is 5.91 Å². The van der Waals surface area contributed by atoms with Gasteiger partial charge in [-0.2, -0.15) is 0 Å². The number of hydrogen-bond donors (Lipinski definition) is 1. The van der Waals surface area contributed by atoms with Gasteiger partial charge in [0.1, 0.15) is 6.04 Å². The van der Waals surface area contributed by atoms with E-state index in [1.165, 1.54) is 63.9 Å². The third kappa shape index (κ3) is 6.87. The van der Waals surface area contributed by atoms with Crippen LogP contribution in [0.15, 0.2) is 42.5 Å². The molecule has 2 aromatic carbocycles. The van der Waals surface area contributed by atoms with Crippen molar-refractivity contribution in [2.24, 2.45) is 23.0 Å². The van der Waals surface area contributed by atoms with Crippen LogP contribution < -0.4 is 10.5 Å². The summed E-state index contributed by atoms with van der Waals surface area (Å²) in [7, 11) is 0. The number of nitrogens with zero attached hydrogens (tertiary/aromatic N) is 1. The maximum absolute atomic E-state index is 15.0. The number of piperidine rings is 1. The van der Waals surface area contributed by atoms with Crippen molar-refractivity contribution in [3.05, 3.63) is 53.8 Å². The summed E-state index contributed by atoms with van der Waals surface area (Å²) in [5, 5.41) is 0. The quantitative estimate of drug-likeness (QED) is 0.330. The van der Waals surface area contributed by atoms with Crippen LogP contribution in [0.2, 0.25) is 0 Å². The molecule has 1 heterocycles. The van der Waals surface area contributed by atoms with E-state index in [1.54, 1.807) is 23.1 Å². The summed E-state index contributed by atoms with van der Waals surface area (Å²) in [5.74, 6) is 0.612. The lowest BCUT2D eigenvalue weighted by Gasteiger charge is -2.39. The number of carbonyl (C=O) groups excluding carboxylic acids is 2. The largest absolute Gasteiger partial charge is 0.490 e. The lowest BCUT2D eigenvalue weighted by molar-refractivity contribution is -0.123. The molecule has 2 amide bonds. The highest BCUT2D eigenvalue weighted by atomic mass is 19.1. The predicted molar refractivity (Wildman–Crippen MR) is 156 cm³/mol. The number of benzene rings is 2. The molecule has 3 unspecified atom stereocenters. The van der Waals surface area contributed by atoms with E-state index in [4.69, 9.17) is 10.5 Å². The van der Waals surface area contributed by atoms with Crippen LogP contribution >= 0.6 is 0 Å². The molecule has 3 aliphatic rings. The first-order chi connectivity index (χ1) is 19.3. The average molecular weight is 549 g/mol. The van der Waals surface area contributed by atoms with Gasteiger partial charge in [0, 0.05) is 12.1 Å². The lowest BCUT2D eigenvalue weighted by Crippen LogP contribution is -2.50. The first kappa shape index (κ1) is 28.6. The molecule has 3 fully saturated rings. The first-order valence-corrected chi connectivity index (χ1v) is 15.4. The zero-order valence-corrected chi connectivity index (χ0v) is 24.0. The molecule has 6 heteroatoms. The van der Waals surface area contributed by atoms with E-state index in [0.29, 0.717) is 42.2 Å². The Kier molecular flexibility index (Phi) is 9.12. The van der Waals surface area contributed by atoms with Crippen LogP contribution in [0.3, 0.4) is 0 Å². The number of amides is 2. The van der Waals surface area contributed by atoms with Gasteiger partial charge >= 0.3 is 0 Å². The van der Waals surface area contributed by atoms with Crippen molar-refractivity contribution < 1.29 is 18.7 Å². The Morgan fingerprint density at radius 3 is 2.35 bits per heavy atom. The van der Waals surface area contributed by atoms with Crippen molar-refractivity contribution in [1.82, 2.24) is 4.90 Å². The highest BCUT2D eigenvalue weighted by Gasteiger charge is 2.33. The Balaban J connectivity index is 1.13. The standard InChI is InChI=1S/C34H45FN2O3/c1-34(18-5-19-34)20-17-24-6-4-7-25(10-9-24)23-40-31-16-15-28(22-29(31)35)26-11-13-27(14-12-26)33(39)37-21-3-2-8-30(37)32(36)38/h11-16,22,24-25,30H,2-10,17-21,23H2,1H3,(H2,36,38). The van der Waals surface area contributed by atoms with E-state index in [-0.39, 0.29) is 11.7 Å². The molecule has 1 aliphatic heterocycles. The molecule has 0 spiro atoms. The van der Waals surface area contributed by atoms with Gasteiger partial charge in [-0.15, -0.1) is 0 Å². The lowest BCUT2D eigenvalue weighted by atomic mass is 9.66. The fourth-order valence-corrected chi connectivity index (χ4v) is 6.94. The Morgan fingerprint density at radius 1 is 0.925 bits per heavy atom. The van der Waals surface area contributed by atoms with Crippen LogP contribution in [-0.2, 0) is 4.79 Å². The molecule has 40 heavy (non-hydrogen) atoms. The van der Waals surface area contributed by atoms with E-state index in [0.717, 1.165) is 36.3 Å². The molecule has 5 nitrogen and oxygen atoms in total. The highest BCUT2D eigenvalue weighted by molar-refractivity contribution is 5.97. The number of likely N-dealkylation sites (tertiary alicyclic amines) is 1. The third-order valence-corrected chi connectivity index (χ3v) is 9.89. The third-order valence-electron chi connectivity index (χ3n) is 9.89. The molecule has 1 saturated heterocycles. The molecule has 0 aromatic heterocycles. The summed E-state index contributed by atoms with van der Waals surface area (Å²) in [6.45, 7) is 3.56. The molecule has 216 valence electrons. The molecule has 5 rings (SSSR count). The Labute approximate surface area is 238 Å². The van der Waals surface area contributed by atoms with Gasteiger partial charge < -0.3 is 15.4 Å². The second-order valence-corrected chi connectivity index (χ2v) is 12.9. The first-order valence-electron chi connectivity index (χ1n) is 15.4.